The van der Waals surface area contributed by atoms with Gasteiger partial charge in [-0.15, -0.1) is 0 Å². The molecule has 3 heteroatoms. The number of hydrogen-bond donors (Lipinski definition) is 1. The predicted octanol–water partition coefficient (Wildman–Crippen LogP) is 18.3. The van der Waals surface area contributed by atoms with Crippen molar-refractivity contribution in [2.75, 3.05) is 0 Å². The van der Waals surface area contributed by atoms with Crippen LogP contribution in [0.3, 0.4) is 0 Å². The van der Waals surface area contributed by atoms with Crippen molar-refractivity contribution in [1.29, 1.82) is 0 Å². The van der Waals surface area contributed by atoms with Crippen molar-refractivity contribution in [1.82, 2.24) is 9.55 Å². The summed E-state index contributed by atoms with van der Waals surface area (Å²) < 4.78 is 109. The Kier molecular flexibility index (Phi) is 8.65. The van der Waals surface area contributed by atoms with Crippen LogP contribution in [0.1, 0.15) is 95.5 Å². The van der Waals surface area contributed by atoms with Crippen LogP contribution in [0, 0.1) is 0 Å². The van der Waals surface area contributed by atoms with Crippen LogP contribution in [-0.4, -0.2) is 14.7 Å². The van der Waals surface area contributed by atoms with Crippen molar-refractivity contribution in [3.63, 3.8) is 0 Å². The molecule has 0 aliphatic heterocycles. The highest BCUT2D eigenvalue weighted by molar-refractivity contribution is 5.99. The normalized spacial score (nSPS) is 14.5. The maximum absolute atomic E-state index is 12.7. The largest absolute Gasteiger partial charge is 0.507 e. The minimum absolute atomic E-state index is 0.118. The number of para-hydroxylation sites is 1. The maximum Gasteiger partial charge on any atom is 0.149 e. The molecule has 0 aliphatic rings. The minimum Gasteiger partial charge on any atom is -0.507 e. The lowest BCUT2D eigenvalue weighted by Crippen LogP contribution is -2.17. The van der Waals surface area contributed by atoms with Gasteiger partial charge in [0.05, 0.1) is 38.7 Å². The van der Waals surface area contributed by atoms with Crippen molar-refractivity contribution < 1.29 is 21.6 Å². The average Bonchev–Trinajstić information content (AvgIpc) is 2.66. The molecule has 10 aromatic rings. The van der Waals surface area contributed by atoms with Gasteiger partial charge in [0.2, 0.25) is 0 Å². The van der Waals surface area contributed by atoms with E-state index in [1.54, 1.807) is 0 Å². The zero-order chi connectivity index (χ0) is 59.4. The molecule has 1 heterocycles. The first-order chi connectivity index (χ1) is 38.5. The highest BCUT2D eigenvalue weighted by Crippen LogP contribution is 2.46. The Labute approximate surface area is 431 Å². The van der Waals surface area contributed by atoms with E-state index >= 15 is 0 Å². The maximum atomic E-state index is 12.7. The first kappa shape index (κ1) is 33.7. The highest BCUT2D eigenvalue weighted by atomic mass is 16.3. The summed E-state index contributed by atoms with van der Waals surface area (Å²) in [5.74, 6) is 0.630. The van der Waals surface area contributed by atoms with Crippen molar-refractivity contribution in [2.45, 2.75) is 78.6 Å². The summed E-state index contributed by atoms with van der Waals surface area (Å²) in [4.78, 5) is 5.62. The predicted molar refractivity (Wildman–Crippen MR) is 297 cm³/mol. The van der Waals surface area contributed by atoms with Crippen LogP contribution < -0.4 is 0 Å². The molecular weight excluding hydrogens is 849 g/mol. The topological polar surface area (TPSA) is 38.1 Å². The third-order valence-corrected chi connectivity index (χ3v) is 12.9. The van der Waals surface area contributed by atoms with Crippen molar-refractivity contribution >= 4 is 11.0 Å². The van der Waals surface area contributed by atoms with Gasteiger partial charge < -0.3 is 5.11 Å². The van der Waals surface area contributed by atoms with E-state index in [9.17, 15) is 12.0 Å². The van der Waals surface area contributed by atoms with E-state index in [1.165, 1.54) is 6.07 Å². The van der Waals surface area contributed by atoms with E-state index in [0.29, 0.717) is 33.6 Å². The molecule has 1 aromatic heterocycles. The molecule has 0 bridgehead atoms. The molecule has 0 fully saturated rings. The fraction of sp³-hybridized carbons (Fsp3) is 0.179. The van der Waals surface area contributed by atoms with E-state index in [-0.39, 0.29) is 39.8 Å². The summed E-state index contributed by atoms with van der Waals surface area (Å²) in [5.41, 5.74) is 8.34. The summed E-state index contributed by atoms with van der Waals surface area (Å²) in [6, 6.07) is 36.0. The van der Waals surface area contributed by atoms with Gasteiger partial charge in [0.25, 0.3) is 0 Å². The smallest absolute Gasteiger partial charge is 0.149 e. The molecule has 0 aliphatic carbocycles. The van der Waals surface area contributed by atoms with Crippen molar-refractivity contribution in [3.8, 4) is 89.6 Å². The van der Waals surface area contributed by atoms with Gasteiger partial charge in [0, 0.05) is 16.7 Å². The molecule has 10 rings (SSSR count). The number of benzene rings is 9. The standard InChI is InChI=1S/C67H62N2O/c1-65(2,3)54-35-36-60(57(41-54)48-25-17-12-18-26-48)69-61-30-20-29-56(62(61)68-64(69)58-42-55(66(4,5)6)43-59(63(58)70)67(7,8)9)53-39-51(45-23-15-11-16-24-45)38-52(40-53)50-28-19-27-49(37-50)47-33-31-46(32-34-47)44-21-13-10-14-22-44/h10-43,70H,1-9H3/i10D,13D,14D,19D,21D,22D,27D,31D,32D,33D,34D,37D. The Hall–Kier alpha value is -7.75. The van der Waals surface area contributed by atoms with E-state index in [0.717, 1.165) is 50.1 Å². The molecule has 1 N–H and O–H groups in total. The van der Waals surface area contributed by atoms with Crippen LogP contribution in [-0.2, 0) is 16.2 Å². The molecule has 70 heavy (non-hydrogen) atoms. The van der Waals surface area contributed by atoms with Gasteiger partial charge in [0.1, 0.15) is 11.6 Å². The Balaban J connectivity index is 1.27. The number of nitrogens with zero attached hydrogens (tertiary/aromatic N) is 2. The van der Waals surface area contributed by atoms with Gasteiger partial charge in [0.15, 0.2) is 0 Å². The molecule has 3 nitrogen and oxygen atoms in total. The monoisotopic (exact) mass is 923 g/mol. The lowest BCUT2D eigenvalue weighted by molar-refractivity contribution is 0.446. The van der Waals surface area contributed by atoms with Gasteiger partial charge in [-0.2, -0.15) is 0 Å². The van der Waals surface area contributed by atoms with Crippen LogP contribution in [0.15, 0.2) is 206 Å². The SMILES string of the molecule is [2H]c1cc(-c2cc(-c3ccccc3)cc(-c3cccc4c3nc(-c3cc(C(C)(C)C)cc(C(C)(C)C)c3O)n4-c3ccc(C(C)(C)C)cc3-c3ccccc3)c2)c([2H])c(-c2c([2H])c([2H])c(-c3c([2H])c([2H])c([2H])c([2H])c3[2H])c([2H])c2[2H])c1[2H]. The second-order valence-corrected chi connectivity index (χ2v) is 21.0. The molecule has 0 spiro atoms. The number of aromatic hydroxyl groups is 1. The molecule has 0 unspecified atom stereocenters. The lowest BCUT2D eigenvalue weighted by atomic mass is 9.79. The van der Waals surface area contributed by atoms with Gasteiger partial charge in [-0.3, -0.25) is 4.57 Å². The van der Waals surface area contributed by atoms with Crippen LogP contribution in [0.5, 0.6) is 5.75 Å². The Morgan fingerprint density at radius 3 is 1.63 bits per heavy atom. The van der Waals surface area contributed by atoms with E-state index < -0.39 is 82.5 Å². The molecule has 0 atom stereocenters. The van der Waals surface area contributed by atoms with Crippen LogP contribution in [0.2, 0.25) is 0 Å². The zero-order valence-corrected chi connectivity index (χ0v) is 41.0. The molecule has 346 valence electrons. The Morgan fingerprint density at radius 2 is 0.986 bits per heavy atom. The van der Waals surface area contributed by atoms with Crippen LogP contribution in [0.25, 0.3) is 94.9 Å². The summed E-state index contributed by atoms with van der Waals surface area (Å²) in [6.45, 7) is 19.3. The molecular formula is C67H62N2O. The van der Waals surface area contributed by atoms with Gasteiger partial charge in [-0.05, 0) is 132 Å². The lowest BCUT2D eigenvalue weighted by Gasteiger charge is -2.28. The second-order valence-electron chi connectivity index (χ2n) is 21.0. The second kappa shape index (κ2) is 18.0. The number of phenolic OH excluding ortho intramolecular Hbond substituents is 1. The Morgan fingerprint density at radius 1 is 0.414 bits per heavy atom. The first-order valence-corrected chi connectivity index (χ1v) is 23.6. The van der Waals surface area contributed by atoms with Crippen molar-refractivity contribution in [2.24, 2.45) is 0 Å². The molecule has 0 saturated heterocycles. The third-order valence-electron chi connectivity index (χ3n) is 12.9. The van der Waals surface area contributed by atoms with Crippen molar-refractivity contribution in [3.05, 3.63) is 223 Å². The quantitative estimate of drug-likeness (QED) is 0.165. The summed E-state index contributed by atoms with van der Waals surface area (Å²) >= 11 is 0. The summed E-state index contributed by atoms with van der Waals surface area (Å²) in [6.07, 6.45) is 0. The first-order valence-electron chi connectivity index (χ1n) is 29.6. The number of rotatable bonds is 8. The van der Waals surface area contributed by atoms with E-state index in [2.05, 4.69) is 103 Å². The van der Waals surface area contributed by atoms with Gasteiger partial charge >= 0.3 is 0 Å². The highest BCUT2D eigenvalue weighted by Gasteiger charge is 2.30. The molecule has 9 aromatic carbocycles. The number of phenols is 1. The van der Waals surface area contributed by atoms with E-state index in [4.69, 9.17) is 14.6 Å². The summed E-state index contributed by atoms with van der Waals surface area (Å²) in [7, 11) is 0. The zero-order valence-electron chi connectivity index (χ0n) is 53.0. The van der Waals surface area contributed by atoms with Gasteiger partial charge in [-0.1, -0.05) is 220 Å². The Bertz CT molecular complexity index is 4190. The fourth-order valence-electron chi connectivity index (χ4n) is 8.95. The third kappa shape index (κ3) is 9.01. The average molecular weight is 923 g/mol. The molecule has 0 saturated carbocycles. The van der Waals surface area contributed by atoms with Gasteiger partial charge in [-0.25, -0.2) is 4.98 Å². The number of imidazole rings is 1. The van der Waals surface area contributed by atoms with Crippen LogP contribution in [0.4, 0.5) is 0 Å². The number of hydrogen-bond acceptors (Lipinski definition) is 2. The molecule has 0 radical (unpaired) electrons. The summed E-state index contributed by atoms with van der Waals surface area (Å²) in [5, 5.41) is 12.7. The molecule has 0 amide bonds. The van der Waals surface area contributed by atoms with E-state index in [1.807, 2.05) is 91.0 Å². The number of aromatic nitrogens is 2. The minimum atomic E-state index is -0.736. The van der Waals surface area contributed by atoms with Crippen LogP contribution >= 0.6 is 0 Å². The number of fused-ring (bicyclic) bond motifs is 1. The fourth-order valence-corrected chi connectivity index (χ4v) is 8.95.